The summed E-state index contributed by atoms with van der Waals surface area (Å²) >= 11 is 0. The van der Waals surface area contributed by atoms with Crippen LogP contribution >= 0.6 is 0 Å². The van der Waals surface area contributed by atoms with Crippen LogP contribution in [0.15, 0.2) is 24.5 Å². The molecule has 2 rings (SSSR count). The first-order valence-corrected chi connectivity index (χ1v) is 4.58. The van der Waals surface area contributed by atoms with Crippen molar-refractivity contribution in [1.82, 2.24) is 15.2 Å². The molecule has 0 atom stereocenters. The number of hydrogen-bond acceptors (Lipinski definition) is 3. The third-order valence-electron chi connectivity index (χ3n) is 2.09. The number of halogens is 2. The van der Waals surface area contributed by atoms with Crippen molar-refractivity contribution < 1.29 is 13.5 Å². The van der Waals surface area contributed by atoms with E-state index in [-0.39, 0.29) is 5.75 Å². The molecular weight excluding hydrogens is 216 g/mol. The Bertz CT molecular complexity index is 471. The lowest BCUT2D eigenvalue weighted by atomic mass is 10.1. The average Bonchev–Trinajstić information content (AvgIpc) is 2.73. The molecule has 6 heteroatoms. The molecule has 1 aromatic heterocycles. The minimum Gasteiger partial charge on any atom is -0.434 e. The number of aromatic amines is 1. The summed E-state index contributed by atoms with van der Waals surface area (Å²) in [6, 6.07) is 5.08. The van der Waals surface area contributed by atoms with Crippen LogP contribution in [-0.4, -0.2) is 21.8 Å². The summed E-state index contributed by atoms with van der Waals surface area (Å²) in [5.74, 6) is 0.522. The fourth-order valence-electron chi connectivity index (χ4n) is 1.42. The van der Waals surface area contributed by atoms with Gasteiger partial charge in [0.15, 0.2) is 5.82 Å². The van der Waals surface area contributed by atoms with E-state index in [1.54, 1.807) is 25.1 Å². The van der Waals surface area contributed by atoms with Crippen LogP contribution < -0.4 is 4.74 Å². The van der Waals surface area contributed by atoms with Crippen LogP contribution in [0.1, 0.15) is 5.56 Å². The normalized spacial score (nSPS) is 10.8. The molecule has 1 heterocycles. The first kappa shape index (κ1) is 10.5. The number of nitrogens with one attached hydrogen (secondary N) is 1. The molecule has 1 aromatic carbocycles. The molecule has 1 N–H and O–H groups in total. The lowest BCUT2D eigenvalue weighted by molar-refractivity contribution is -0.0499. The number of para-hydroxylation sites is 1. The van der Waals surface area contributed by atoms with E-state index < -0.39 is 6.61 Å². The van der Waals surface area contributed by atoms with Crippen molar-refractivity contribution in [1.29, 1.82) is 0 Å². The summed E-state index contributed by atoms with van der Waals surface area (Å²) in [4.78, 5) is 3.90. The SMILES string of the molecule is Cc1cccc(-c2ncn[nH]2)c1OC(F)F. The minimum absolute atomic E-state index is 0.120. The monoisotopic (exact) mass is 225 g/mol. The molecule has 0 aliphatic rings. The van der Waals surface area contributed by atoms with E-state index in [2.05, 4.69) is 19.9 Å². The van der Waals surface area contributed by atoms with Gasteiger partial charge in [0, 0.05) is 0 Å². The Balaban J connectivity index is 2.48. The fraction of sp³-hybridized carbons (Fsp3) is 0.200. The zero-order valence-corrected chi connectivity index (χ0v) is 8.45. The highest BCUT2D eigenvalue weighted by Crippen LogP contribution is 2.31. The van der Waals surface area contributed by atoms with E-state index in [1.807, 2.05) is 0 Å². The van der Waals surface area contributed by atoms with E-state index in [4.69, 9.17) is 0 Å². The second kappa shape index (κ2) is 4.26. The lowest BCUT2D eigenvalue weighted by Gasteiger charge is -2.11. The largest absolute Gasteiger partial charge is 0.434 e. The molecule has 0 unspecified atom stereocenters. The summed E-state index contributed by atoms with van der Waals surface area (Å²) in [7, 11) is 0. The maximum atomic E-state index is 12.3. The fourth-order valence-corrected chi connectivity index (χ4v) is 1.42. The van der Waals surface area contributed by atoms with Gasteiger partial charge in [-0.05, 0) is 18.6 Å². The number of ether oxygens (including phenoxy) is 1. The van der Waals surface area contributed by atoms with Gasteiger partial charge >= 0.3 is 6.61 Å². The average molecular weight is 225 g/mol. The molecule has 0 aliphatic heterocycles. The molecule has 0 radical (unpaired) electrons. The number of aryl methyl sites for hydroxylation is 1. The molecule has 0 spiro atoms. The van der Waals surface area contributed by atoms with Crippen molar-refractivity contribution in [3.8, 4) is 17.1 Å². The molecule has 0 saturated carbocycles. The molecule has 2 aromatic rings. The van der Waals surface area contributed by atoms with Crippen molar-refractivity contribution in [2.24, 2.45) is 0 Å². The van der Waals surface area contributed by atoms with Crippen LogP contribution in [0.3, 0.4) is 0 Å². The second-order valence-electron chi connectivity index (χ2n) is 3.16. The number of H-pyrrole nitrogens is 1. The Labute approximate surface area is 90.3 Å². The van der Waals surface area contributed by atoms with E-state index in [1.165, 1.54) is 6.33 Å². The number of nitrogens with zero attached hydrogens (tertiary/aromatic N) is 2. The highest BCUT2D eigenvalue weighted by molar-refractivity contribution is 5.65. The van der Waals surface area contributed by atoms with Gasteiger partial charge < -0.3 is 4.74 Å². The third-order valence-corrected chi connectivity index (χ3v) is 2.09. The zero-order valence-electron chi connectivity index (χ0n) is 8.45. The zero-order chi connectivity index (χ0) is 11.5. The summed E-state index contributed by atoms with van der Waals surface area (Å²) in [5, 5.41) is 6.28. The molecule has 16 heavy (non-hydrogen) atoms. The van der Waals surface area contributed by atoms with Crippen molar-refractivity contribution in [2.75, 3.05) is 0 Å². The topological polar surface area (TPSA) is 50.8 Å². The maximum absolute atomic E-state index is 12.3. The van der Waals surface area contributed by atoms with Crippen LogP contribution in [0, 0.1) is 6.92 Å². The highest BCUT2D eigenvalue weighted by atomic mass is 19.3. The van der Waals surface area contributed by atoms with E-state index in [0.717, 1.165) is 0 Å². The lowest BCUT2D eigenvalue weighted by Crippen LogP contribution is -2.05. The standard InChI is InChI=1S/C10H9F2N3O/c1-6-3-2-4-7(8(6)16-10(11)12)9-13-5-14-15-9/h2-5,10H,1H3,(H,13,14,15). The van der Waals surface area contributed by atoms with Crippen molar-refractivity contribution in [3.05, 3.63) is 30.1 Å². The Morgan fingerprint density at radius 1 is 1.38 bits per heavy atom. The summed E-state index contributed by atoms with van der Waals surface area (Å²) in [6.45, 7) is -1.17. The molecule has 4 nitrogen and oxygen atoms in total. The van der Waals surface area contributed by atoms with Gasteiger partial charge in [-0.15, -0.1) is 0 Å². The van der Waals surface area contributed by atoms with Crippen molar-refractivity contribution in [3.63, 3.8) is 0 Å². The number of hydrogen-bond donors (Lipinski definition) is 1. The third kappa shape index (κ3) is 2.00. The van der Waals surface area contributed by atoms with E-state index in [0.29, 0.717) is 17.0 Å². The van der Waals surface area contributed by atoms with Gasteiger partial charge in [0.2, 0.25) is 0 Å². The number of alkyl halides is 2. The Morgan fingerprint density at radius 2 is 2.19 bits per heavy atom. The predicted molar refractivity (Wildman–Crippen MR) is 53.2 cm³/mol. The van der Waals surface area contributed by atoms with Gasteiger partial charge in [-0.3, -0.25) is 5.10 Å². The number of rotatable bonds is 3. The minimum atomic E-state index is -2.86. The predicted octanol–water partition coefficient (Wildman–Crippen LogP) is 2.38. The van der Waals surface area contributed by atoms with Crippen LogP contribution in [0.2, 0.25) is 0 Å². The summed E-state index contributed by atoms with van der Waals surface area (Å²) < 4.78 is 29.0. The molecule has 0 amide bonds. The molecule has 0 fully saturated rings. The van der Waals surface area contributed by atoms with Gasteiger partial charge in [-0.25, -0.2) is 4.98 Å². The van der Waals surface area contributed by atoms with Crippen LogP contribution in [0.4, 0.5) is 8.78 Å². The maximum Gasteiger partial charge on any atom is 0.387 e. The van der Waals surface area contributed by atoms with E-state index in [9.17, 15) is 8.78 Å². The van der Waals surface area contributed by atoms with Crippen molar-refractivity contribution >= 4 is 0 Å². The van der Waals surface area contributed by atoms with Gasteiger partial charge in [0.05, 0.1) is 5.56 Å². The molecular formula is C10H9F2N3O. The smallest absolute Gasteiger partial charge is 0.387 e. The molecule has 0 aliphatic carbocycles. The summed E-state index contributed by atoms with van der Waals surface area (Å²) in [6.07, 6.45) is 1.31. The van der Waals surface area contributed by atoms with Gasteiger partial charge in [-0.2, -0.15) is 13.9 Å². The Kier molecular flexibility index (Phi) is 2.80. The first-order chi connectivity index (χ1) is 7.68. The molecule has 0 saturated heterocycles. The quantitative estimate of drug-likeness (QED) is 0.872. The summed E-state index contributed by atoms with van der Waals surface area (Å²) in [5.41, 5.74) is 1.09. The second-order valence-corrected chi connectivity index (χ2v) is 3.16. The van der Waals surface area contributed by atoms with Crippen LogP contribution in [0.25, 0.3) is 11.4 Å². The van der Waals surface area contributed by atoms with Gasteiger partial charge in [0.25, 0.3) is 0 Å². The van der Waals surface area contributed by atoms with E-state index >= 15 is 0 Å². The van der Waals surface area contributed by atoms with Crippen LogP contribution in [-0.2, 0) is 0 Å². The number of benzene rings is 1. The van der Waals surface area contributed by atoms with Crippen LogP contribution in [0.5, 0.6) is 5.75 Å². The molecule has 84 valence electrons. The first-order valence-electron chi connectivity index (χ1n) is 4.58. The highest BCUT2D eigenvalue weighted by Gasteiger charge is 2.15. The van der Waals surface area contributed by atoms with Gasteiger partial charge in [0.1, 0.15) is 12.1 Å². The number of aromatic nitrogens is 3. The van der Waals surface area contributed by atoms with Gasteiger partial charge in [-0.1, -0.05) is 12.1 Å². The Morgan fingerprint density at radius 3 is 2.81 bits per heavy atom. The Hall–Kier alpha value is -1.98. The van der Waals surface area contributed by atoms with Crippen molar-refractivity contribution in [2.45, 2.75) is 13.5 Å². The molecule has 0 bridgehead atoms.